The van der Waals surface area contributed by atoms with Crippen molar-refractivity contribution >= 4 is 19.9 Å². The lowest BCUT2D eigenvalue weighted by Gasteiger charge is -2.29. The van der Waals surface area contributed by atoms with E-state index in [1.807, 2.05) is 7.05 Å². The van der Waals surface area contributed by atoms with Gasteiger partial charge in [0.05, 0.1) is 43.0 Å². The van der Waals surface area contributed by atoms with Crippen LogP contribution in [0.25, 0.3) is 0 Å². The van der Waals surface area contributed by atoms with Crippen LogP contribution in [0, 0.1) is 0 Å². The van der Waals surface area contributed by atoms with E-state index < -0.39 is 19.9 Å². The second kappa shape index (κ2) is 5.44. The van der Waals surface area contributed by atoms with Crippen LogP contribution in [0.15, 0.2) is 34.1 Å². The van der Waals surface area contributed by atoms with Gasteiger partial charge in [-0.15, -0.1) is 0 Å². The maximum atomic E-state index is 12.5. The maximum absolute atomic E-state index is 12.5. The Hall–Kier alpha value is -0.960. The molecule has 20 heavy (non-hydrogen) atoms. The molecule has 0 aromatic heterocycles. The number of hydrogen-bond donors (Lipinski definition) is 1. The fourth-order valence-electron chi connectivity index (χ4n) is 2.12. The Morgan fingerprint density at radius 1 is 1.05 bits per heavy atom. The molecule has 0 spiro atoms. The zero-order chi connectivity index (χ0) is 15.0. The maximum Gasteiger partial charge on any atom is 0.243 e. The molecule has 1 heterocycles. The number of rotatable bonds is 3. The third-order valence-electron chi connectivity index (χ3n) is 3.45. The van der Waals surface area contributed by atoms with Crippen molar-refractivity contribution in [2.24, 2.45) is 0 Å². The van der Waals surface area contributed by atoms with Gasteiger partial charge in [-0.3, -0.25) is 0 Å². The average molecular weight is 319 g/mol. The van der Waals surface area contributed by atoms with E-state index in [0.717, 1.165) is 19.3 Å². The van der Waals surface area contributed by atoms with E-state index in [1.165, 1.54) is 33.5 Å². The van der Waals surface area contributed by atoms with Crippen molar-refractivity contribution in [2.45, 2.75) is 9.79 Å². The van der Waals surface area contributed by atoms with Crippen LogP contribution in [0.4, 0.5) is 0 Å². The second-order valence-corrected chi connectivity index (χ2v) is 9.06. The quantitative estimate of drug-likeness (QED) is 0.744. The van der Waals surface area contributed by atoms with Gasteiger partial charge in [0.15, 0.2) is 9.84 Å². The number of hydrogen-bond acceptors (Lipinski definition) is 4. The summed E-state index contributed by atoms with van der Waals surface area (Å²) in [6.45, 7) is 2.42. The van der Waals surface area contributed by atoms with Crippen LogP contribution in [0.2, 0.25) is 0 Å². The molecule has 112 valence electrons. The Morgan fingerprint density at radius 3 is 2.15 bits per heavy atom. The van der Waals surface area contributed by atoms with Crippen LogP contribution < -0.4 is 4.90 Å². The van der Waals surface area contributed by atoms with Crippen LogP contribution >= 0.6 is 0 Å². The first-order chi connectivity index (χ1) is 9.21. The Bertz CT molecular complexity index is 690. The van der Waals surface area contributed by atoms with Crippen LogP contribution in [-0.2, 0) is 19.9 Å². The monoisotopic (exact) mass is 319 g/mol. The number of nitrogens with one attached hydrogen (secondary N) is 1. The summed E-state index contributed by atoms with van der Waals surface area (Å²) in [4.78, 5) is 1.36. The first-order valence-electron chi connectivity index (χ1n) is 6.33. The predicted molar refractivity (Wildman–Crippen MR) is 74.9 cm³/mol. The molecule has 0 aliphatic carbocycles. The molecule has 8 heteroatoms. The van der Waals surface area contributed by atoms with Crippen molar-refractivity contribution in [1.82, 2.24) is 4.31 Å². The Balaban J connectivity index is 2.35. The van der Waals surface area contributed by atoms with Crippen molar-refractivity contribution < 1.29 is 21.7 Å². The highest BCUT2D eigenvalue weighted by atomic mass is 32.2. The summed E-state index contributed by atoms with van der Waals surface area (Å²) in [5.74, 6) is 0. The third-order valence-corrected chi connectivity index (χ3v) is 6.45. The van der Waals surface area contributed by atoms with Crippen molar-refractivity contribution in [3.63, 3.8) is 0 Å². The fourth-order valence-corrected chi connectivity index (χ4v) is 4.35. The largest absolute Gasteiger partial charge is 0.335 e. The molecule has 0 amide bonds. The summed E-state index contributed by atoms with van der Waals surface area (Å²) in [5.41, 5.74) is 0. The lowest BCUT2D eigenvalue weighted by molar-refractivity contribution is -0.883. The zero-order valence-electron chi connectivity index (χ0n) is 11.5. The zero-order valence-corrected chi connectivity index (χ0v) is 13.2. The van der Waals surface area contributed by atoms with E-state index in [1.54, 1.807) is 0 Å². The molecule has 1 fully saturated rings. The van der Waals surface area contributed by atoms with Gasteiger partial charge < -0.3 is 4.90 Å². The summed E-state index contributed by atoms with van der Waals surface area (Å²) in [7, 11) is -5.00. The van der Waals surface area contributed by atoms with Gasteiger partial charge >= 0.3 is 0 Å². The molecular weight excluding hydrogens is 300 g/mol. The number of nitrogens with zero attached hydrogens (tertiary/aromatic N) is 1. The van der Waals surface area contributed by atoms with E-state index in [2.05, 4.69) is 0 Å². The minimum Gasteiger partial charge on any atom is -0.335 e. The highest BCUT2D eigenvalue weighted by molar-refractivity contribution is 7.91. The van der Waals surface area contributed by atoms with Gasteiger partial charge in [-0.05, 0) is 18.2 Å². The molecule has 0 saturated carbocycles. The minimum absolute atomic E-state index is 0.0262. The number of sulfone groups is 1. The molecule has 1 aromatic rings. The average Bonchev–Trinajstić information content (AvgIpc) is 2.38. The molecule has 1 aliphatic rings. The van der Waals surface area contributed by atoms with Crippen molar-refractivity contribution in [1.29, 1.82) is 0 Å². The standard InChI is InChI=1S/C12H18N2O4S2/c1-13-6-8-14(9-7-13)20(17,18)12-5-3-4-11(10-12)19(2,15)16/h3-5,10H,6-9H2,1-2H3/p+1. The van der Waals surface area contributed by atoms with Gasteiger partial charge in [0.2, 0.25) is 10.0 Å². The number of quaternary nitrogens is 1. The molecule has 1 N–H and O–H groups in total. The number of likely N-dealkylation sites (N-methyl/N-ethyl adjacent to an activating group) is 1. The van der Waals surface area contributed by atoms with Crippen LogP contribution in [0.5, 0.6) is 0 Å². The molecule has 1 aliphatic heterocycles. The highest BCUT2D eigenvalue weighted by Crippen LogP contribution is 2.19. The van der Waals surface area contributed by atoms with Gasteiger partial charge in [-0.2, -0.15) is 4.31 Å². The van der Waals surface area contributed by atoms with Gasteiger partial charge in [-0.1, -0.05) is 6.07 Å². The normalized spacial score (nSPS) is 19.1. The van der Waals surface area contributed by atoms with Crippen molar-refractivity contribution in [2.75, 3.05) is 39.5 Å². The molecule has 0 unspecified atom stereocenters. The number of benzene rings is 1. The van der Waals surface area contributed by atoms with E-state index in [-0.39, 0.29) is 9.79 Å². The van der Waals surface area contributed by atoms with Crippen molar-refractivity contribution in [3.8, 4) is 0 Å². The Labute approximate surface area is 120 Å². The summed E-state index contributed by atoms with van der Waals surface area (Å²) in [5, 5.41) is 0. The van der Waals surface area contributed by atoms with Gasteiger partial charge in [-0.25, -0.2) is 16.8 Å². The van der Waals surface area contributed by atoms with Crippen LogP contribution in [0.1, 0.15) is 0 Å². The van der Waals surface area contributed by atoms with Gasteiger partial charge in [0.25, 0.3) is 0 Å². The molecular formula is C12H19N2O4S2+. The first kappa shape index (κ1) is 15.4. The lowest BCUT2D eigenvalue weighted by atomic mass is 10.4. The van der Waals surface area contributed by atoms with E-state index in [4.69, 9.17) is 0 Å². The minimum atomic E-state index is -3.61. The predicted octanol–water partition coefficient (Wildman–Crippen LogP) is -1.39. The molecule has 1 saturated heterocycles. The molecule has 0 bridgehead atoms. The lowest BCUT2D eigenvalue weighted by Crippen LogP contribution is -3.12. The van der Waals surface area contributed by atoms with Crippen molar-refractivity contribution in [3.05, 3.63) is 24.3 Å². The highest BCUT2D eigenvalue weighted by Gasteiger charge is 2.29. The number of piperazine rings is 1. The Kier molecular flexibility index (Phi) is 4.19. The molecule has 1 aromatic carbocycles. The van der Waals surface area contributed by atoms with E-state index in [9.17, 15) is 16.8 Å². The summed E-state index contributed by atoms with van der Waals surface area (Å²) < 4.78 is 49.4. The molecule has 2 rings (SSSR count). The first-order valence-corrected chi connectivity index (χ1v) is 9.66. The molecule has 0 radical (unpaired) electrons. The fraction of sp³-hybridized carbons (Fsp3) is 0.500. The molecule has 0 atom stereocenters. The van der Waals surface area contributed by atoms with Gasteiger partial charge in [0, 0.05) is 6.26 Å². The SMILES string of the molecule is C[NH+]1CCN(S(=O)(=O)c2cccc(S(C)(=O)=O)c2)CC1. The van der Waals surface area contributed by atoms with Crippen LogP contribution in [-0.4, -0.2) is 60.6 Å². The van der Waals surface area contributed by atoms with Gasteiger partial charge in [0.1, 0.15) is 0 Å². The summed E-state index contributed by atoms with van der Waals surface area (Å²) in [6.07, 6.45) is 1.07. The summed E-state index contributed by atoms with van der Waals surface area (Å²) in [6, 6.07) is 5.54. The summed E-state index contributed by atoms with van der Waals surface area (Å²) >= 11 is 0. The number of sulfonamides is 1. The second-order valence-electron chi connectivity index (χ2n) is 5.11. The Morgan fingerprint density at radius 2 is 1.60 bits per heavy atom. The molecule has 6 nitrogen and oxygen atoms in total. The topological polar surface area (TPSA) is 76.0 Å². The van der Waals surface area contributed by atoms with E-state index >= 15 is 0 Å². The third kappa shape index (κ3) is 3.20. The van der Waals surface area contributed by atoms with E-state index in [0.29, 0.717) is 13.1 Å². The smallest absolute Gasteiger partial charge is 0.243 e. The van der Waals surface area contributed by atoms with Crippen LogP contribution in [0.3, 0.4) is 0 Å².